The smallest absolute Gasteiger partial charge is 0.410 e. The van der Waals surface area contributed by atoms with Gasteiger partial charge in [0, 0.05) is 18.4 Å². The highest BCUT2D eigenvalue weighted by atomic mass is 19.3. The first-order valence-corrected chi connectivity index (χ1v) is 7.31. The Morgan fingerprint density at radius 2 is 2.14 bits per heavy atom. The van der Waals surface area contributed by atoms with Crippen molar-refractivity contribution in [2.24, 2.45) is 5.92 Å². The summed E-state index contributed by atoms with van der Waals surface area (Å²) in [6.07, 6.45) is 2.26. The van der Waals surface area contributed by atoms with Crippen LogP contribution >= 0.6 is 0 Å². The molecule has 0 aromatic carbocycles. The number of halogens is 2. The summed E-state index contributed by atoms with van der Waals surface area (Å²) in [4.78, 5) is 10.9. The second-order valence-electron chi connectivity index (χ2n) is 6.21. The molecule has 3 rings (SSSR count). The molecule has 0 spiro atoms. The van der Waals surface area contributed by atoms with E-state index in [9.17, 15) is 13.6 Å². The highest BCUT2D eigenvalue weighted by Crippen LogP contribution is 2.44. The standard InChI is InChI=1S/C14H19F2N3O2/c1-8-11(5-9-6-14(15,16)7-9)18-19(10-3-2-4-10)12(8)17-13(20)21/h9-10,17H,2-7H2,1H3,(H,20,21). The number of alkyl halides is 2. The van der Waals surface area contributed by atoms with Crippen molar-refractivity contribution in [1.82, 2.24) is 9.78 Å². The van der Waals surface area contributed by atoms with Crippen LogP contribution in [0.25, 0.3) is 0 Å². The van der Waals surface area contributed by atoms with Gasteiger partial charge >= 0.3 is 6.09 Å². The molecule has 116 valence electrons. The maximum absolute atomic E-state index is 12.9. The molecule has 2 saturated carbocycles. The lowest BCUT2D eigenvalue weighted by Crippen LogP contribution is -2.36. The summed E-state index contributed by atoms with van der Waals surface area (Å²) in [5.41, 5.74) is 1.51. The predicted octanol–water partition coefficient (Wildman–Crippen LogP) is 3.59. The van der Waals surface area contributed by atoms with Crippen molar-refractivity contribution in [3.05, 3.63) is 11.3 Å². The fourth-order valence-electron chi connectivity index (χ4n) is 3.11. The molecule has 1 amide bonds. The first-order chi connectivity index (χ1) is 9.85. The molecular weight excluding hydrogens is 280 g/mol. The Morgan fingerprint density at radius 1 is 1.48 bits per heavy atom. The van der Waals surface area contributed by atoms with Crippen molar-refractivity contribution in [3.8, 4) is 0 Å². The van der Waals surface area contributed by atoms with E-state index in [4.69, 9.17) is 5.11 Å². The molecule has 2 N–H and O–H groups in total. The van der Waals surface area contributed by atoms with Crippen molar-refractivity contribution in [2.75, 3.05) is 5.32 Å². The topological polar surface area (TPSA) is 67.2 Å². The molecular formula is C14H19F2N3O2. The van der Waals surface area contributed by atoms with Gasteiger partial charge in [-0.3, -0.25) is 5.32 Å². The van der Waals surface area contributed by atoms with Crippen LogP contribution in [0.15, 0.2) is 0 Å². The Kier molecular flexibility index (Phi) is 3.37. The Bertz CT molecular complexity index is 559. The van der Waals surface area contributed by atoms with E-state index in [-0.39, 0.29) is 24.8 Å². The minimum Gasteiger partial charge on any atom is -0.465 e. The van der Waals surface area contributed by atoms with Gasteiger partial charge in [0.1, 0.15) is 5.82 Å². The maximum atomic E-state index is 12.9. The Morgan fingerprint density at radius 3 is 2.62 bits per heavy atom. The molecule has 0 atom stereocenters. The van der Waals surface area contributed by atoms with Crippen LogP contribution in [0.3, 0.4) is 0 Å². The lowest BCUT2D eigenvalue weighted by Gasteiger charge is -2.34. The van der Waals surface area contributed by atoms with E-state index < -0.39 is 12.0 Å². The molecule has 2 aliphatic rings. The van der Waals surface area contributed by atoms with Crippen LogP contribution < -0.4 is 5.32 Å². The van der Waals surface area contributed by atoms with E-state index in [2.05, 4.69) is 10.4 Å². The zero-order valence-corrected chi connectivity index (χ0v) is 11.9. The largest absolute Gasteiger partial charge is 0.465 e. The number of rotatable bonds is 4. The summed E-state index contributed by atoms with van der Waals surface area (Å²) in [6, 6.07) is 0.224. The number of carbonyl (C=O) groups is 1. The molecule has 1 heterocycles. The maximum Gasteiger partial charge on any atom is 0.410 e. The summed E-state index contributed by atoms with van der Waals surface area (Å²) < 4.78 is 27.6. The van der Waals surface area contributed by atoms with Crippen molar-refractivity contribution in [1.29, 1.82) is 0 Å². The van der Waals surface area contributed by atoms with Crippen LogP contribution in [0, 0.1) is 12.8 Å². The van der Waals surface area contributed by atoms with Gasteiger partial charge in [0.05, 0.1) is 11.7 Å². The van der Waals surface area contributed by atoms with Crippen LogP contribution in [0.5, 0.6) is 0 Å². The van der Waals surface area contributed by atoms with E-state index in [0.29, 0.717) is 12.2 Å². The van der Waals surface area contributed by atoms with Gasteiger partial charge in [-0.25, -0.2) is 18.3 Å². The van der Waals surface area contributed by atoms with Gasteiger partial charge in [-0.15, -0.1) is 0 Å². The molecule has 1 aromatic rings. The van der Waals surface area contributed by atoms with E-state index in [1.165, 1.54) is 0 Å². The van der Waals surface area contributed by atoms with Crippen molar-refractivity contribution >= 4 is 11.9 Å². The number of nitrogens with zero attached hydrogens (tertiary/aromatic N) is 2. The SMILES string of the molecule is Cc1c(CC2CC(F)(F)C2)nn(C2CCC2)c1NC(=O)O. The number of anilines is 1. The number of amides is 1. The van der Waals surface area contributed by atoms with Gasteiger partial charge in [0.2, 0.25) is 5.92 Å². The molecule has 0 unspecified atom stereocenters. The predicted molar refractivity (Wildman–Crippen MR) is 72.9 cm³/mol. The van der Waals surface area contributed by atoms with Gasteiger partial charge < -0.3 is 5.11 Å². The van der Waals surface area contributed by atoms with E-state index in [1.807, 2.05) is 0 Å². The minimum atomic E-state index is -2.53. The Labute approximate surface area is 121 Å². The average molecular weight is 299 g/mol. The third-order valence-electron chi connectivity index (χ3n) is 4.55. The summed E-state index contributed by atoms with van der Waals surface area (Å²) in [5, 5.41) is 15.9. The van der Waals surface area contributed by atoms with Crippen molar-refractivity contribution in [3.63, 3.8) is 0 Å². The lowest BCUT2D eigenvalue weighted by molar-refractivity contribution is -0.110. The molecule has 7 heteroatoms. The third kappa shape index (κ3) is 2.73. The zero-order valence-electron chi connectivity index (χ0n) is 11.9. The quantitative estimate of drug-likeness (QED) is 0.892. The van der Waals surface area contributed by atoms with Crippen LogP contribution in [0.4, 0.5) is 19.4 Å². The summed E-state index contributed by atoms with van der Waals surface area (Å²) in [6.45, 7) is 1.81. The van der Waals surface area contributed by atoms with Gasteiger partial charge in [0.25, 0.3) is 0 Å². The highest BCUT2D eigenvalue weighted by Gasteiger charge is 2.45. The lowest BCUT2D eigenvalue weighted by atomic mass is 9.78. The molecule has 0 bridgehead atoms. The molecule has 1 aromatic heterocycles. The molecule has 0 aliphatic heterocycles. The van der Waals surface area contributed by atoms with Crippen LogP contribution in [-0.4, -0.2) is 26.9 Å². The number of hydrogen-bond acceptors (Lipinski definition) is 2. The fraction of sp³-hybridized carbons (Fsp3) is 0.714. The van der Waals surface area contributed by atoms with Crippen molar-refractivity contribution < 1.29 is 18.7 Å². The molecule has 2 fully saturated rings. The van der Waals surface area contributed by atoms with Gasteiger partial charge in [-0.05, 0) is 38.5 Å². The zero-order chi connectivity index (χ0) is 15.2. The molecule has 21 heavy (non-hydrogen) atoms. The highest BCUT2D eigenvalue weighted by molar-refractivity contribution is 5.82. The normalized spacial score (nSPS) is 21.7. The third-order valence-corrected chi connectivity index (χ3v) is 4.55. The van der Waals surface area contributed by atoms with E-state index in [0.717, 1.165) is 30.5 Å². The molecule has 0 saturated heterocycles. The average Bonchev–Trinajstić information content (AvgIpc) is 2.53. The minimum absolute atomic E-state index is 0.0545. The summed E-state index contributed by atoms with van der Waals surface area (Å²) >= 11 is 0. The first kappa shape index (κ1) is 14.3. The van der Waals surface area contributed by atoms with Gasteiger partial charge in [-0.1, -0.05) is 0 Å². The number of hydrogen-bond donors (Lipinski definition) is 2. The Balaban J connectivity index is 1.80. The molecule has 0 radical (unpaired) electrons. The van der Waals surface area contributed by atoms with Crippen molar-refractivity contribution in [2.45, 2.75) is 57.4 Å². The van der Waals surface area contributed by atoms with Crippen LogP contribution in [0.2, 0.25) is 0 Å². The van der Waals surface area contributed by atoms with Crippen LogP contribution in [-0.2, 0) is 6.42 Å². The monoisotopic (exact) mass is 299 g/mol. The van der Waals surface area contributed by atoms with E-state index >= 15 is 0 Å². The summed E-state index contributed by atoms with van der Waals surface area (Å²) in [7, 11) is 0. The van der Waals surface area contributed by atoms with Gasteiger partial charge in [-0.2, -0.15) is 5.10 Å². The second kappa shape index (κ2) is 4.96. The van der Waals surface area contributed by atoms with Gasteiger partial charge in [0.15, 0.2) is 0 Å². The number of aromatic nitrogens is 2. The molecule has 5 nitrogen and oxygen atoms in total. The molecule has 2 aliphatic carbocycles. The van der Waals surface area contributed by atoms with E-state index in [1.54, 1.807) is 11.6 Å². The van der Waals surface area contributed by atoms with Crippen LogP contribution in [0.1, 0.15) is 49.4 Å². The fourth-order valence-corrected chi connectivity index (χ4v) is 3.11. The second-order valence-corrected chi connectivity index (χ2v) is 6.21. The number of carboxylic acid groups (broad SMARTS) is 1. The first-order valence-electron chi connectivity index (χ1n) is 7.31. The Hall–Kier alpha value is -1.66. The summed E-state index contributed by atoms with van der Waals surface area (Å²) in [5.74, 6) is -2.09. The number of nitrogens with one attached hydrogen (secondary N) is 1.